The smallest absolute Gasteiger partial charge is 0.0619 e. The van der Waals surface area contributed by atoms with E-state index in [0.29, 0.717) is 16.7 Å². The van der Waals surface area contributed by atoms with E-state index in [4.69, 9.17) is 0 Å². The highest BCUT2D eigenvalue weighted by molar-refractivity contribution is 5.25. The molecule has 3 saturated carbocycles. The first-order valence-electron chi connectivity index (χ1n) is 13.6. The number of aliphatic hydroxyl groups excluding tert-OH is 1. The molecule has 0 amide bonds. The van der Waals surface area contributed by atoms with Gasteiger partial charge in [-0.2, -0.15) is 0 Å². The summed E-state index contributed by atoms with van der Waals surface area (Å²) >= 11 is 0. The van der Waals surface area contributed by atoms with E-state index in [0.717, 1.165) is 55.3 Å². The van der Waals surface area contributed by atoms with Crippen LogP contribution in [-0.4, -0.2) is 21.9 Å². The third kappa shape index (κ3) is 4.07. The number of aliphatic hydroxyl groups is 2. The van der Waals surface area contributed by atoms with Crippen molar-refractivity contribution in [3.8, 4) is 0 Å². The molecule has 0 aromatic carbocycles. The molecule has 9 atom stereocenters. The fourth-order valence-electron chi connectivity index (χ4n) is 9.34. The third-order valence-corrected chi connectivity index (χ3v) is 11.3. The van der Waals surface area contributed by atoms with Crippen molar-refractivity contribution < 1.29 is 10.2 Å². The highest BCUT2D eigenvalue weighted by Crippen LogP contribution is 2.67. The van der Waals surface area contributed by atoms with E-state index in [9.17, 15) is 10.2 Å². The molecule has 0 aromatic heterocycles. The minimum absolute atomic E-state index is 0.0997. The van der Waals surface area contributed by atoms with Gasteiger partial charge in [-0.25, -0.2) is 0 Å². The van der Waals surface area contributed by atoms with Gasteiger partial charge in [0.05, 0.1) is 11.7 Å². The van der Waals surface area contributed by atoms with Crippen molar-refractivity contribution in [3.05, 3.63) is 11.6 Å². The molecular weight excluding hydrogens is 380 g/mol. The maximum absolute atomic E-state index is 10.5. The first-order valence-corrected chi connectivity index (χ1v) is 13.6. The van der Waals surface area contributed by atoms with Crippen molar-refractivity contribution in [1.82, 2.24) is 0 Å². The SMILES string of the molecule is CC[C@H](CC[C@@H](C)[C@H]1CC[C@H]2[C@@H]3CC=C4C[C@@H](O)CC[C@]4(C)[C@H]3CC[C@]12C)C(C)(C)O. The summed E-state index contributed by atoms with van der Waals surface area (Å²) in [5.74, 6) is 4.62. The molecular formula is C29H50O2. The zero-order valence-corrected chi connectivity index (χ0v) is 21.3. The van der Waals surface area contributed by atoms with Crippen LogP contribution in [0.2, 0.25) is 0 Å². The number of allylic oxidation sites excluding steroid dienone is 1. The molecule has 0 heterocycles. The van der Waals surface area contributed by atoms with Crippen LogP contribution in [0, 0.1) is 46.3 Å². The third-order valence-electron chi connectivity index (χ3n) is 11.3. The topological polar surface area (TPSA) is 40.5 Å². The van der Waals surface area contributed by atoms with Crippen LogP contribution >= 0.6 is 0 Å². The second-order valence-electron chi connectivity index (χ2n) is 13.2. The molecule has 3 fully saturated rings. The zero-order valence-electron chi connectivity index (χ0n) is 21.3. The summed E-state index contributed by atoms with van der Waals surface area (Å²) in [4.78, 5) is 0. The van der Waals surface area contributed by atoms with E-state index >= 15 is 0 Å². The Morgan fingerprint density at radius 3 is 2.48 bits per heavy atom. The van der Waals surface area contributed by atoms with Crippen molar-refractivity contribution in [3.63, 3.8) is 0 Å². The van der Waals surface area contributed by atoms with Gasteiger partial charge < -0.3 is 10.2 Å². The van der Waals surface area contributed by atoms with Gasteiger partial charge >= 0.3 is 0 Å². The first kappa shape index (κ1) is 23.8. The lowest BCUT2D eigenvalue weighted by Gasteiger charge is -2.58. The minimum atomic E-state index is -0.552. The zero-order chi connectivity index (χ0) is 22.6. The Morgan fingerprint density at radius 2 is 1.81 bits per heavy atom. The Bertz CT molecular complexity index is 675. The van der Waals surface area contributed by atoms with Crippen LogP contribution in [0.1, 0.15) is 112 Å². The lowest BCUT2D eigenvalue weighted by molar-refractivity contribution is -0.0584. The standard InChI is InChI=1S/C29H50O2/c1-7-20(27(3,4)31)9-8-19(2)24-12-13-25-23-11-10-21-18-22(30)14-16-28(21,5)26(23)15-17-29(24,25)6/h10,19-20,22-26,30-31H,7-9,11-18H2,1-6H3/t19-,20-,22+,23+,24-,25+,26+,28+,29-/m1/s1. The molecule has 0 bridgehead atoms. The number of fused-ring (bicyclic) bond motifs is 5. The minimum Gasteiger partial charge on any atom is -0.393 e. The van der Waals surface area contributed by atoms with E-state index < -0.39 is 5.60 Å². The average Bonchev–Trinajstić information content (AvgIpc) is 3.05. The van der Waals surface area contributed by atoms with Gasteiger partial charge in [-0.05, 0) is 118 Å². The van der Waals surface area contributed by atoms with Gasteiger partial charge in [0.1, 0.15) is 0 Å². The van der Waals surface area contributed by atoms with Crippen LogP contribution in [-0.2, 0) is 0 Å². The van der Waals surface area contributed by atoms with Gasteiger partial charge in [0.25, 0.3) is 0 Å². The van der Waals surface area contributed by atoms with Gasteiger partial charge in [0.15, 0.2) is 0 Å². The van der Waals surface area contributed by atoms with Crippen LogP contribution < -0.4 is 0 Å². The van der Waals surface area contributed by atoms with Crippen molar-refractivity contribution >= 4 is 0 Å². The largest absolute Gasteiger partial charge is 0.393 e. The van der Waals surface area contributed by atoms with Gasteiger partial charge in [0.2, 0.25) is 0 Å². The van der Waals surface area contributed by atoms with Gasteiger partial charge in [0, 0.05) is 0 Å². The molecule has 0 aliphatic heterocycles. The molecule has 0 saturated heterocycles. The molecule has 2 nitrogen and oxygen atoms in total. The Labute approximate surface area is 192 Å². The summed E-state index contributed by atoms with van der Waals surface area (Å²) < 4.78 is 0. The van der Waals surface area contributed by atoms with Gasteiger partial charge in [-0.15, -0.1) is 0 Å². The second-order valence-corrected chi connectivity index (χ2v) is 13.2. The summed E-state index contributed by atoms with van der Waals surface area (Å²) in [5, 5.41) is 20.8. The van der Waals surface area contributed by atoms with Crippen LogP contribution in [0.3, 0.4) is 0 Å². The quantitative estimate of drug-likeness (QED) is 0.440. The van der Waals surface area contributed by atoms with E-state index in [1.165, 1.54) is 44.9 Å². The van der Waals surface area contributed by atoms with Crippen molar-refractivity contribution in [2.75, 3.05) is 0 Å². The molecule has 31 heavy (non-hydrogen) atoms. The van der Waals surface area contributed by atoms with Gasteiger partial charge in [-0.1, -0.05) is 52.2 Å². The first-order chi connectivity index (χ1) is 14.5. The molecule has 4 aliphatic carbocycles. The number of rotatable bonds is 6. The van der Waals surface area contributed by atoms with E-state index in [-0.39, 0.29) is 6.10 Å². The average molecular weight is 431 g/mol. The normalized spacial score (nSPS) is 44.6. The predicted molar refractivity (Wildman–Crippen MR) is 130 cm³/mol. The fraction of sp³-hybridized carbons (Fsp3) is 0.931. The van der Waals surface area contributed by atoms with E-state index in [1.807, 2.05) is 13.8 Å². The fourth-order valence-corrected chi connectivity index (χ4v) is 9.34. The molecule has 2 N–H and O–H groups in total. The highest BCUT2D eigenvalue weighted by Gasteiger charge is 2.59. The lowest BCUT2D eigenvalue weighted by atomic mass is 9.47. The molecule has 2 heteroatoms. The van der Waals surface area contributed by atoms with Crippen molar-refractivity contribution in [1.29, 1.82) is 0 Å². The number of hydrogen-bond acceptors (Lipinski definition) is 2. The van der Waals surface area contributed by atoms with E-state index in [1.54, 1.807) is 5.57 Å². The highest BCUT2D eigenvalue weighted by atomic mass is 16.3. The Balaban J connectivity index is 1.47. The molecule has 0 spiro atoms. The predicted octanol–water partition coefficient (Wildman–Crippen LogP) is 7.14. The van der Waals surface area contributed by atoms with Crippen LogP contribution in [0.4, 0.5) is 0 Å². The van der Waals surface area contributed by atoms with Crippen LogP contribution in [0.5, 0.6) is 0 Å². The summed E-state index contributed by atoms with van der Waals surface area (Å²) in [6.07, 6.45) is 16.0. The molecule has 0 aromatic rings. The summed E-state index contributed by atoms with van der Waals surface area (Å²) in [6, 6.07) is 0. The van der Waals surface area contributed by atoms with Crippen molar-refractivity contribution in [2.45, 2.75) is 124 Å². The van der Waals surface area contributed by atoms with Crippen molar-refractivity contribution in [2.24, 2.45) is 46.3 Å². The van der Waals surface area contributed by atoms with Crippen LogP contribution in [0.15, 0.2) is 11.6 Å². The number of hydrogen-bond donors (Lipinski definition) is 2. The Hall–Kier alpha value is -0.340. The summed E-state index contributed by atoms with van der Waals surface area (Å²) in [6.45, 7) is 13.9. The Kier molecular flexibility index (Phi) is 6.50. The molecule has 4 aliphatic rings. The molecule has 0 radical (unpaired) electrons. The molecule has 0 unspecified atom stereocenters. The maximum atomic E-state index is 10.5. The summed E-state index contributed by atoms with van der Waals surface area (Å²) in [7, 11) is 0. The summed E-state index contributed by atoms with van der Waals surface area (Å²) in [5.41, 5.74) is 1.90. The Morgan fingerprint density at radius 1 is 1.06 bits per heavy atom. The lowest BCUT2D eigenvalue weighted by Crippen LogP contribution is -2.50. The van der Waals surface area contributed by atoms with E-state index in [2.05, 4.69) is 33.8 Å². The van der Waals surface area contributed by atoms with Gasteiger partial charge in [-0.3, -0.25) is 0 Å². The van der Waals surface area contributed by atoms with Crippen LogP contribution in [0.25, 0.3) is 0 Å². The molecule has 4 rings (SSSR count). The maximum Gasteiger partial charge on any atom is 0.0619 e. The second kappa shape index (κ2) is 8.46. The molecule has 178 valence electrons. The monoisotopic (exact) mass is 430 g/mol.